The number of benzene rings is 6. The van der Waals surface area contributed by atoms with E-state index in [1.165, 1.54) is 65.4 Å². The van der Waals surface area contributed by atoms with E-state index < -0.39 is 0 Å². The quantitative estimate of drug-likeness (QED) is 0.270. The van der Waals surface area contributed by atoms with Crippen LogP contribution >= 0.6 is 0 Å². The molecule has 0 saturated heterocycles. The van der Waals surface area contributed by atoms with Gasteiger partial charge >= 0.3 is 0 Å². The number of hydrogen-bond acceptors (Lipinski definition) is 0. The van der Waals surface area contributed by atoms with Crippen LogP contribution < -0.4 is 32.8 Å². The molecule has 0 fully saturated rings. The monoisotopic (exact) mass is 512 g/mol. The first-order valence-corrected chi connectivity index (χ1v) is 14.7. The predicted molar refractivity (Wildman–Crippen MR) is 178 cm³/mol. The summed E-state index contributed by atoms with van der Waals surface area (Å²) >= 11 is 0. The summed E-state index contributed by atoms with van der Waals surface area (Å²) in [6.45, 7) is 9.46. The lowest BCUT2D eigenvalue weighted by Gasteiger charge is -2.33. The van der Waals surface area contributed by atoms with Gasteiger partial charge in [0.05, 0.1) is 0 Å². The van der Waals surface area contributed by atoms with Crippen LogP contribution in [0.15, 0.2) is 121 Å². The molecule has 0 nitrogen and oxygen atoms in total. The van der Waals surface area contributed by atoms with E-state index in [0.29, 0.717) is 11.8 Å². The van der Waals surface area contributed by atoms with E-state index >= 15 is 0 Å². The van der Waals surface area contributed by atoms with E-state index in [-0.39, 0.29) is 13.4 Å². The van der Waals surface area contributed by atoms with Gasteiger partial charge in [-0.25, -0.2) is 0 Å². The fraction of sp³-hybridized carbons (Fsp3) is 0.158. The average molecular weight is 512 g/mol. The van der Waals surface area contributed by atoms with Crippen LogP contribution in [-0.4, -0.2) is 13.4 Å². The maximum Gasteiger partial charge on any atom is 0.240 e. The SMILES string of the molecule is CC(C)c1ccc(B2c3cc4ccccc4cc3B(c3ccc(C(C)C)cc3)c3cc4ccccc4cc32)cc1. The van der Waals surface area contributed by atoms with E-state index in [4.69, 9.17) is 0 Å². The molecule has 0 bridgehead atoms. The van der Waals surface area contributed by atoms with Gasteiger partial charge in [-0.3, -0.25) is 0 Å². The van der Waals surface area contributed by atoms with Gasteiger partial charge in [-0.2, -0.15) is 0 Å². The first-order chi connectivity index (χ1) is 19.5. The van der Waals surface area contributed by atoms with E-state index in [1.807, 2.05) is 0 Å². The molecule has 6 aromatic carbocycles. The van der Waals surface area contributed by atoms with Crippen molar-refractivity contribution in [3.05, 3.63) is 132 Å². The molecule has 0 aromatic heterocycles. The van der Waals surface area contributed by atoms with Crippen molar-refractivity contribution in [1.82, 2.24) is 0 Å². The van der Waals surface area contributed by atoms with Gasteiger partial charge in [-0.1, -0.05) is 182 Å². The lowest BCUT2D eigenvalue weighted by molar-refractivity contribution is 0.867. The minimum absolute atomic E-state index is 0.187. The first-order valence-electron chi connectivity index (χ1n) is 14.7. The third-order valence-electron chi connectivity index (χ3n) is 9.02. The van der Waals surface area contributed by atoms with Gasteiger partial charge in [0.25, 0.3) is 0 Å². The largest absolute Gasteiger partial charge is 0.240 e. The topological polar surface area (TPSA) is 0 Å². The summed E-state index contributed by atoms with van der Waals surface area (Å²) in [5.74, 6) is 1.04. The van der Waals surface area contributed by atoms with E-state index in [0.717, 1.165) is 0 Å². The van der Waals surface area contributed by atoms with Crippen LogP contribution in [0.2, 0.25) is 0 Å². The summed E-state index contributed by atoms with van der Waals surface area (Å²) in [6, 6.07) is 46.4. The van der Waals surface area contributed by atoms with Crippen LogP contribution in [-0.2, 0) is 0 Å². The molecular weight excluding hydrogens is 478 g/mol. The van der Waals surface area contributed by atoms with Gasteiger partial charge in [-0.05, 0) is 44.5 Å². The van der Waals surface area contributed by atoms with E-state index in [9.17, 15) is 0 Å². The molecule has 7 rings (SSSR count). The molecule has 1 heterocycles. The van der Waals surface area contributed by atoms with Crippen molar-refractivity contribution in [3.63, 3.8) is 0 Å². The van der Waals surface area contributed by atoms with E-state index in [1.54, 1.807) is 0 Å². The van der Waals surface area contributed by atoms with Gasteiger partial charge in [-0.15, -0.1) is 0 Å². The molecule has 1 aliphatic heterocycles. The summed E-state index contributed by atoms with van der Waals surface area (Å²) in [4.78, 5) is 0. The van der Waals surface area contributed by atoms with Gasteiger partial charge in [0, 0.05) is 0 Å². The predicted octanol–water partition coefficient (Wildman–Crippen LogP) is 5.59. The highest BCUT2D eigenvalue weighted by molar-refractivity contribution is 7.11. The lowest BCUT2D eigenvalue weighted by atomic mass is 9.21. The Morgan fingerprint density at radius 1 is 0.375 bits per heavy atom. The van der Waals surface area contributed by atoms with Gasteiger partial charge in [0.1, 0.15) is 0 Å². The second-order valence-electron chi connectivity index (χ2n) is 12.2. The van der Waals surface area contributed by atoms with Crippen molar-refractivity contribution in [2.75, 3.05) is 0 Å². The van der Waals surface area contributed by atoms with Crippen LogP contribution in [0.5, 0.6) is 0 Å². The molecule has 0 unspecified atom stereocenters. The van der Waals surface area contributed by atoms with Crippen molar-refractivity contribution in [3.8, 4) is 0 Å². The zero-order chi connectivity index (χ0) is 27.4. The maximum atomic E-state index is 2.47. The van der Waals surface area contributed by atoms with Crippen LogP contribution in [0.1, 0.15) is 50.7 Å². The van der Waals surface area contributed by atoms with Crippen molar-refractivity contribution in [2.45, 2.75) is 39.5 Å². The summed E-state index contributed by atoms with van der Waals surface area (Å²) in [5.41, 5.74) is 11.2. The zero-order valence-corrected chi connectivity index (χ0v) is 23.9. The molecule has 40 heavy (non-hydrogen) atoms. The van der Waals surface area contributed by atoms with Crippen molar-refractivity contribution in [1.29, 1.82) is 0 Å². The van der Waals surface area contributed by atoms with Crippen LogP contribution in [0.3, 0.4) is 0 Å². The van der Waals surface area contributed by atoms with Crippen LogP contribution in [0.4, 0.5) is 0 Å². The molecule has 0 N–H and O–H groups in total. The molecular formula is C38H34B2. The third kappa shape index (κ3) is 4.18. The normalized spacial score (nSPS) is 12.8. The Bertz CT molecular complexity index is 1620. The van der Waals surface area contributed by atoms with Crippen LogP contribution in [0.25, 0.3) is 21.5 Å². The molecule has 0 saturated carbocycles. The van der Waals surface area contributed by atoms with Crippen LogP contribution in [0, 0.1) is 0 Å². The Balaban J connectivity index is 1.54. The second kappa shape index (κ2) is 9.86. The van der Waals surface area contributed by atoms with Gasteiger partial charge < -0.3 is 0 Å². The molecule has 0 aliphatic carbocycles. The Labute approximate surface area is 239 Å². The molecule has 192 valence electrons. The zero-order valence-electron chi connectivity index (χ0n) is 23.9. The Morgan fingerprint density at radius 2 is 0.650 bits per heavy atom. The Kier molecular flexibility index (Phi) is 6.16. The molecule has 2 heteroatoms. The van der Waals surface area contributed by atoms with Gasteiger partial charge in [0.15, 0.2) is 0 Å². The minimum atomic E-state index is 0.187. The summed E-state index contributed by atoms with van der Waals surface area (Å²) < 4.78 is 0. The summed E-state index contributed by atoms with van der Waals surface area (Å²) in [7, 11) is 0. The molecule has 0 spiro atoms. The first kappa shape index (κ1) is 25.0. The lowest BCUT2D eigenvalue weighted by Crippen LogP contribution is -2.75. The fourth-order valence-corrected chi connectivity index (χ4v) is 6.75. The highest BCUT2D eigenvalue weighted by atomic mass is 14.2. The number of rotatable bonds is 4. The molecule has 0 radical (unpaired) electrons. The minimum Gasteiger partial charge on any atom is -0.0727 e. The average Bonchev–Trinajstić information content (AvgIpc) is 2.98. The van der Waals surface area contributed by atoms with Crippen molar-refractivity contribution >= 4 is 67.7 Å². The molecule has 0 atom stereocenters. The number of fused-ring (bicyclic) bond motifs is 4. The highest BCUT2D eigenvalue weighted by Gasteiger charge is 2.39. The smallest absolute Gasteiger partial charge is 0.0727 e. The highest BCUT2D eigenvalue weighted by Crippen LogP contribution is 2.19. The van der Waals surface area contributed by atoms with Crippen molar-refractivity contribution < 1.29 is 0 Å². The van der Waals surface area contributed by atoms with E-state index in [2.05, 4.69) is 149 Å². The summed E-state index contributed by atoms with van der Waals surface area (Å²) in [5, 5.41) is 5.23. The fourth-order valence-electron chi connectivity index (χ4n) is 6.75. The Morgan fingerprint density at radius 3 is 0.900 bits per heavy atom. The van der Waals surface area contributed by atoms with Crippen molar-refractivity contribution in [2.24, 2.45) is 0 Å². The van der Waals surface area contributed by atoms with Gasteiger partial charge in [0.2, 0.25) is 13.4 Å². The molecule has 1 aliphatic rings. The third-order valence-corrected chi connectivity index (χ3v) is 9.02. The molecule has 6 aromatic rings. The Hall–Kier alpha value is -4.03. The maximum absolute atomic E-state index is 2.47. The second-order valence-corrected chi connectivity index (χ2v) is 12.2. The number of hydrogen-bond donors (Lipinski definition) is 0. The summed E-state index contributed by atoms with van der Waals surface area (Å²) in [6.07, 6.45) is 0. The molecule has 0 amide bonds. The standard InChI is InChI=1S/C38H34B2/c1-25(2)27-13-17-33(18-14-27)39-35-21-29-9-5-7-11-31(29)23-37(35)40(34-19-15-28(16-20-34)26(3)4)38-24-32-12-8-6-10-30(32)22-36(38)39/h5-26H,1-4H3.